The first kappa shape index (κ1) is 13.6. The molecule has 2 atom stereocenters. The molecule has 1 aromatic heterocycles. The molecule has 0 radical (unpaired) electrons. The minimum atomic E-state index is 0.246. The van der Waals surface area contributed by atoms with Gasteiger partial charge in [0.2, 0.25) is 11.8 Å². The lowest BCUT2D eigenvalue weighted by Crippen LogP contribution is -1.96. The number of nitrogens with zero attached hydrogens (tertiary/aromatic N) is 1. The number of rotatable bonds is 1. The summed E-state index contributed by atoms with van der Waals surface area (Å²) in [7, 11) is 0. The van der Waals surface area contributed by atoms with Crippen LogP contribution in [0.2, 0.25) is 0 Å². The minimum absolute atomic E-state index is 0.246. The van der Waals surface area contributed by atoms with Gasteiger partial charge in [0, 0.05) is 11.1 Å². The number of aromatic hydroxyl groups is 2. The van der Waals surface area contributed by atoms with Crippen molar-refractivity contribution < 1.29 is 10.2 Å². The molecule has 0 spiro atoms. The molecule has 2 aromatic carbocycles. The molecule has 6 rings (SSSR count). The first-order valence-corrected chi connectivity index (χ1v) is 9.10. The van der Waals surface area contributed by atoms with Crippen LogP contribution in [0.25, 0.3) is 16.8 Å². The van der Waals surface area contributed by atoms with E-state index in [-0.39, 0.29) is 11.8 Å². The summed E-state index contributed by atoms with van der Waals surface area (Å²) in [5, 5.41) is 21.7. The Morgan fingerprint density at radius 2 is 1.48 bits per heavy atom. The van der Waals surface area contributed by atoms with E-state index in [0.29, 0.717) is 11.8 Å². The lowest BCUT2D eigenvalue weighted by Gasteiger charge is -2.11. The van der Waals surface area contributed by atoms with E-state index < -0.39 is 0 Å². The van der Waals surface area contributed by atoms with E-state index in [0.717, 1.165) is 42.5 Å². The number of hydrogen-bond acceptors (Lipinski definition) is 2. The van der Waals surface area contributed by atoms with Crippen LogP contribution in [0.4, 0.5) is 0 Å². The summed E-state index contributed by atoms with van der Waals surface area (Å²) < 4.78 is 1.65. The Labute approximate surface area is 146 Å². The molecule has 25 heavy (non-hydrogen) atoms. The molecule has 124 valence electrons. The van der Waals surface area contributed by atoms with Gasteiger partial charge in [-0.2, -0.15) is 0 Å². The highest BCUT2D eigenvalue weighted by Crippen LogP contribution is 2.60. The zero-order chi connectivity index (χ0) is 16.7. The SMILES string of the molecule is Oc1c2c(c(O)n1-c1ccc3c(c1)Cc1ccccc1-3)[C@H]1CC[C@@H]2C1. The number of hydrogen-bond donors (Lipinski definition) is 2. The fourth-order valence-electron chi connectivity index (χ4n) is 5.41. The van der Waals surface area contributed by atoms with Crippen molar-refractivity contribution >= 4 is 0 Å². The molecule has 3 aliphatic carbocycles. The molecule has 0 aliphatic heterocycles. The Morgan fingerprint density at radius 3 is 2.24 bits per heavy atom. The molecule has 3 heteroatoms. The van der Waals surface area contributed by atoms with Crippen molar-refractivity contribution in [2.24, 2.45) is 0 Å². The molecule has 1 saturated carbocycles. The average Bonchev–Trinajstić information content (AvgIpc) is 3.36. The fraction of sp³-hybridized carbons (Fsp3) is 0.273. The van der Waals surface area contributed by atoms with Crippen molar-refractivity contribution in [3.63, 3.8) is 0 Å². The third-order valence-corrected chi connectivity index (χ3v) is 6.48. The van der Waals surface area contributed by atoms with Gasteiger partial charge in [0.1, 0.15) is 0 Å². The molecule has 3 aliphatic rings. The molecule has 1 fully saturated rings. The third-order valence-electron chi connectivity index (χ3n) is 6.48. The smallest absolute Gasteiger partial charge is 0.202 e. The highest BCUT2D eigenvalue weighted by atomic mass is 16.3. The predicted molar refractivity (Wildman–Crippen MR) is 96.7 cm³/mol. The molecule has 0 unspecified atom stereocenters. The second-order valence-corrected chi connectivity index (χ2v) is 7.69. The van der Waals surface area contributed by atoms with Crippen molar-refractivity contribution in [2.75, 3.05) is 0 Å². The van der Waals surface area contributed by atoms with Crippen molar-refractivity contribution in [1.82, 2.24) is 4.57 Å². The van der Waals surface area contributed by atoms with Crippen LogP contribution in [0, 0.1) is 0 Å². The van der Waals surface area contributed by atoms with Crippen molar-refractivity contribution in [3.05, 3.63) is 64.7 Å². The maximum absolute atomic E-state index is 10.8. The summed E-state index contributed by atoms with van der Waals surface area (Å²) in [6.07, 6.45) is 4.27. The highest BCUT2D eigenvalue weighted by molar-refractivity contribution is 5.78. The lowest BCUT2D eigenvalue weighted by atomic mass is 9.95. The molecule has 2 N–H and O–H groups in total. The zero-order valence-corrected chi connectivity index (χ0v) is 13.9. The van der Waals surface area contributed by atoms with Crippen LogP contribution in [0.15, 0.2) is 42.5 Å². The minimum Gasteiger partial charge on any atom is -0.494 e. The predicted octanol–water partition coefficient (Wildman–Crippen LogP) is 4.82. The molecule has 0 saturated heterocycles. The van der Waals surface area contributed by atoms with Crippen LogP contribution >= 0.6 is 0 Å². The van der Waals surface area contributed by atoms with E-state index in [1.165, 1.54) is 22.3 Å². The molecule has 2 bridgehead atoms. The van der Waals surface area contributed by atoms with E-state index in [1.807, 2.05) is 6.07 Å². The Bertz CT molecular complexity index is 1010. The second kappa shape index (κ2) is 4.48. The average molecular weight is 329 g/mol. The summed E-state index contributed by atoms with van der Waals surface area (Å²) in [5.41, 5.74) is 8.01. The molecule has 1 heterocycles. The van der Waals surface area contributed by atoms with E-state index in [9.17, 15) is 10.2 Å². The quantitative estimate of drug-likeness (QED) is 0.526. The lowest BCUT2D eigenvalue weighted by molar-refractivity contribution is 0.394. The van der Waals surface area contributed by atoms with E-state index in [2.05, 4.69) is 36.4 Å². The Balaban J connectivity index is 1.52. The first-order valence-electron chi connectivity index (χ1n) is 9.10. The summed E-state index contributed by atoms with van der Waals surface area (Å²) in [5.74, 6) is 1.34. The normalized spacial score (nSPS) is 22.1. The van der Waals surface area contributed by atoms with Gasteiger partial charge < -0.3 is 10.2 Å². The van der Waals surface area contributed by atoms with Crippen molar-refractivity contribution in [1.29, 1.82) is 0 Å². The largest absolute Gasteiger partial charge is 0.494 e. The molecule has 3 aromatic rings. The van der Waals surface area contributed by atoms with Gasteiger partial charge >= 0.3 is 0 Å². The molecular formula is C22H19NO2. The van der Waals surface area contributed by atoms with E-state index >= 15 is 0 Å². The summed E-state index contributed by atoms with van der Waals surface area (Å²) >= 11 is 0. The van der Waals surface area contributed by atoms with Crippen molar-refractivity contribution in [3.8, 4) is 28.6 Å². The van der Waals surface area contributed by atoms with Gasteiger partial charge in [-0.25, -0.2) is 0 Å². The first-order chi connectivity index (χ1) is 12.2. The van der Waals surface area contributed by atoms with Crippen LogP contribution in [0.3, 0.4) is 0 Å². The number of fused-ring (bicyclic) bond motifs is 8. The monoisotopic (exact) mass is 329 g/mol. The molecular weight excluding hydrogens is 310 g/mol. The van der Waals surface area contributed by atoms with Crippen LogP contribution < -0.4 is 0 Å². The van der Waals surface area contributed by atoms with Crippen LogP contribution in [0.1, 0.15) is 53.4 Å². The van der Waals surface area contributed by atoms with Crippen LogP contribution in [0.5, 0.6) is 11.8 Å². The zero-order valence-electron chi connectivity index (χ0n) is 13.9. The third kappa shape index (κ3) is 1.61. The Hall–Kier alpha value is -2.68. The summed E-state index contributed by atoms with van der Waals surface area (Å²) in [6, 6.07) is 14.7. The van der Waals surface area contributed by atoms with Gasteiger partial charge in [0.15, 0.2) is 0 Å². The maximum Gasteiger partial charge on any atom is 0.202 e. The fourth-order valence-corrected chi connectivity index (χ4v) is 5.41. The molecule has 0 amide bonds. The van der Waals surface area contributed by atoms with Crippen LogP contribution in [-0.4, -0.2) is 14.8 Å². The van der Waals surface area contributed by atoms with Gasteiger partial charge in [-0.3, -0.25) is 4.57 Å². The van der Waals surface area contributed by atoms with Gasteiger partial charge in [-0.15, -0.1) is 0 Å². The van der Waals surface area contributed by atoms with Gasteiger partial charge in [0.25, 0.3) is 0 Å². The highest BCUT2D eigenvalue weighted by Gasteiger charge is 2.44. The van der Waals surface area contributed by atoms with Crippen LogP contribution in [-0.2, 0) is 6.42 Å². The maximum atomic E-state index is 10.8. The number of benzene rings is 2. The van der Waals surface area contributed by atoms with Gasteiger partial charge in [0.05, 0.1) is 5.69 Å². The number of aromatic nitrogens is 1. The summed E-state index contributed by atoms with van der Waals surface area (Å²) in [6.45, 7) is 0. The Morgan fingerprint density at radius 1 is 0.800 bits per heavy atom. The second-order valence-electron chi connectivity index (χ2n) is 7.69. The van der Waals surface area contributed by atoms with Gasteiger partial charge in [-0.05, 0) is 71.9 Å². The summed E-state index contributed by atoms with van der Waals surface area (Å²) in [4.78, 5) is 0. The van der Waals surface area contributed by atoms with Gasteiger partial charge in [-0.1, -0.05) is 30.3 Å². The van der Waals surface area contributed by atoms with E-state index in [1.54, 1.807) is 4.57 Å². The Kier molecular flexibility index (Phi) is 2.44. The standard InChI is InChI=1S/C22H19NO2/c24-21-19-13-5-6-14(10-13)20(19)22(25)23(21)16-7-8-18-15(11-16)9-12-3-1-2-4-17(12)18/h1-4,7-8,11,13-14,24-25H,5-6,9-10H2/t13-,14+. The molecule has 3 nitrogen and oxygen atoms in total. The van der Waals surface area contributed by atoms with E-state index in [4.69, 9.17) is 0 Å². The van der Waals surface area contributed by atoms with Crippen molar-refractivity contribution in [2.45, 2.75) is 37.5 Å². The topological polar surface area (TPSA) is 45.4 Å².